The number of halogens is 9. The molecule has 0 bridgehead atoms. The van der Waals surface area contributed by atoms with Crippen molar-refractivity contribution in [1.82, 2.24) is 0 Å². The summed E-state index contributed by atoms with van der Waals surface area (Å²) in [4.78, 5) is 0. The molecule has 0 aromatic rings. The molecule has 0 radical (unpaired) electrons. The van der Waals surface area contributed by atoms with Crippen LogP contribution < -0.4 is 0 Å². The van der Waals surface area contributed by atoms with E-state index in [1.54, 1.807) is 0 Å². The van der Waals surface area contributed by atoms with Gasteiger partial charge in [-0.05, 0) is 6.42 Å². The maximum absolute atomic E-state index is 13.1. The van der Waals surface area contributed by atoms with Crippen LogP contribution in [0.2, 0.25) is 0 Å². The zero-order valence-corrected chi connectivity index (χ0v) is 12.1. The van der Waals surface area contributed by atoms with E-state index in [0.29, 0.717) is 12.8 Å². The second-order valence-corrected chi connectivity index (χ2v) is 5.22. The van der Waals surface area contributed by atoms with Crippen molar-refractivity contribution < 1.29 is 39.5 Å². The first-order chi connectivity index (χ1) is 9.81. The van der Waals surface area contributed by atoms with Crippen LogP contribution in [0.3, 0.4) is 0 Å². The summed E-state index contributed by atoms with van der Waals surface area (Å²) in [5.74, 6) is -18.7. The molecule has 0 saturated heterocycles. The van der Waals surface area contributed by atoms with E-state index in [4.69, 9.17) is 0 Å². The predicted molar refractivity (Wildman–Crippen MR) is 63.5 cm³/mol. The monoisotopic (exact) mass is 346 g/mol. The van der Waals surface area contributed by atoms with Crippen LogP contribution in [0.5, 0.6) is 0 Å². The lowest BCUT2D eigenvalue weighted by atomic mass is 9.98. The lowest BCUT2D eigenvalue weighted by molar-refractivity contribution is -0.396. The smallest absolute Gasteiger partial charge is 0.200 e. The van der Waals surface area contributed by atoms with Crippen molar-refractivity contribution >= 4 is 0 Å². The van der Waals surface area contributed by atoms with E-state index >= 15 is 0 Å². The standard InChI is InChI=1S/C13H19F9/c1-2-3-4-5-6-7-8-9-10(14,15)11(16,17)12(18,19)13(20,21)22/h2-9H2,1H3. The summed E-state index contributed by atoms with van der Waals surface area (Å²) in [7, 11) is 0. The summed E-state index contributed by atoms with van der Waals surface area (Å²) < 4.78 is 113. The molecule has 0 aliphatic heterocycles. The molecule has 0 aromatic heterocycles. The van der Waals surface area contributed by atoms with E-state index < -0.39 is 36.8 Å². The van der Waals surface area contributed by atoms with E-state index in [-0.39, 0.29) is 6.42 Å². The second-order valence-electron chi connectivity index (χ2n) is 5.22. The fourth-order valence-corrected chi connectivity index (χ4v) is 1.87. The summed E-state index contributed by atoms with van der Waals surface area (Å²) in [5, 5.41) is 0. The van der Waals surface area contributed by atoms with Gasteiger partial charge in [0.2, 0.25) is 0 Å². The van der Waals surface area contributed by atoms with Gasteiger partial charge in [-0.2, -0.15) is 39.5 Å². The maximum Gasteiger partial charge on any atom is 0.460 e. The highest BCUT2D eigenvalue weighted by Gasteiger charge is 2.81. The quantitative estimate of drug-likeness (QED) is 0.309. The third kappa shape index (κ3) is 4.94. The maximum atomic E-state index is 13.1. The van der Waals surface area contributed by atoms with Crippen LogP contribution in [0.25, 0.3) is 0 Å². The lowest BCUT2D eigenvalue weighted by Gasteiger charge is -2.33. The average Bonchev–Trinajstić information content (AvgIpc) is 2.35. The fourth-order valence-electron chi connectivity index (χ4n) is 1.87. The molecular weight excluding hydrogens is 327 g/mol. The van der Waals surface area contributed by atoms with E-state index in [1.165, 1.54) is 0 Å². The molecular formula is C13H19F9. The number of unbranched alkanes of at least 4 members (excludes halogenated alkanes) is 6. The number of alkyl halides is 9. The van der Waals surface area contributed by atoms with Gasteiger partial charge in [-0.15, -0.1) is 0 Å². The molecule has 0 saturated carbocycles. The fraction of sp³-hybridized carbons (Fsp3) is 1.00. The Morgan fingerprint density at radius 3 is 1.36 bits per heavy atom. The van der Waals surface area contributed by atoms with E-state index in [0.717, 1.165) is 19.3 Å². The minimum atomic E-state index is -6.77. The molecule has 22 heavy (non-hydrogen) atoms. The molecule has 0 unspecified atom stereocenters. The van der Waals surface area contributed by atoms with Gasteiger partial charge in [0.05, 0.1) is 0 Å². The topological polar surface area (TPSA) is 0 Å². The number of rotatable bonds is 10. The highest BCUT2D eigenvalue weighted by molar-refractivity contribution is 5.00. The Hall–Kier alpha value is -0.630. The molecule has 9 heteroatoms. The SMILES string of the molecule is CCCCCCCCCC(F)(F)C(F)(F)C(F)(F)C(F)(F)F. The summed E-state index contributed by atoms with van der Waals surface area (Å²) >= 11 is 0. The molecule has 0 rings (SSSR count). The van der Waals surface area contributed by atoms with Gasteiger partial charge in [-0.25, -0.2) is 0 Å². The molecule has 0 aliphatic carbocycles. The minimum Gasteiger partial charge on any atom is -0.200 e. The Bertz CT molecular complexity index is 320. The lowest BCUT2D eigenvalue weighted by Crippen LogP contribution is -2.60. The number of hydrogen-bond donors (Lipinski definition) is 0. The van der Waals surface area contributed by atoms with Crippen LogP contribution in [0.4, 0.5) is 39.5 Å². The zero-order valence-electron chi connectivity index (χ0n) is 12.1. The summed E-state index contributed by atoms with van der Waals surface area (Å²) in [6.07, 6.45) is -5.10. The van der Waals surface area contributed by atoms with Crippen molar-refractivity contribution in [3.63, 3.8) is 0 Å². The molecule has 0 amide bonds. The zero-order chi connectivity index (χ0) is 17.7. The van der Waals surface area contributed by atoms with Crippen LogP contribution in [0, 0.1) is 0 Å². The second kappa shape index (κ2) is 7.77. The Morgan fingerprint density at radius 2 is 0.955 bits per heavy atom. The van der Waals surface area contributed by atoms with Gasteiger partial charge in [-0.1, -0.05) is 45.4 Å². The largest absolute Gasteiger partial charge is 0.460 e. The highest BCUT2D eigenvalue weighted by atomic mass is 19.4. The predicted octanol–water partition coefficient (Wildman–Crippen LogP) is 6.60. The van der Waals surface area contributed by atoms with Crippen LogP contribution in [-0.4, -0.2) is 23.9 Å². The van der Waals surface area contributed by atoms with Gasteiger partial charge in [0.25, 0.3) is 0 Å². The molecule has 0 nitrogen and oxygen atoms in total. The molecule has 0 atom stereocenters. The van der Waals surface area contributed by atoms with Crippen molar-refractivity contribution in [3.05, 3.63) is 0 Å². The van der Waals surface area contributed by atoms with Gasteiger partial charge in [-0.3, -0.25) is 0 Å². The number of hydrogen-bond acceptors (Lipinski definition) is 0. The highest BCUT2D eigenvalue weighted by Crippen LogP contribution is 2.54. The van der Waals surface area contributed by atoms with Crippen molar-refractivity contribution in [1.29, 1.82) is 0 Å². The first-order valence-corrected chi connectivity index (χ1v) is 7.01. The first kappa shape index (κ1) is 21.4. The van der Waals surface area contributed by atoms with Gasteiger partial charge in [0.1, 0.15) is 0 Å². The normalized spacial score (nSPS) is 14.5. The molecule has 0 spiro atoms. The Labute approximate surface area is 123 Å². The molecule has 134 valence electrons. The van der Waals surface area contributed by atoms with Crippen molar-refractivity contribution in [2.45, 2.75) is 82.2 Å². The van der Waals surface area contributed by atoms with Gasteiger partial charge < -0.3 is 0 Å². The van der Waals surface area contributed by atoms with Crippen molar-refractivity contribution in [2.24, 2.45) is 0 Å². The van der Waals surface area contributed by atoms with Crippen LogP contribution in [0.1, 0.15) is 58.3 Å². The molecule has 0 heterocycles. The Balaban J connectivity index is 4.53. The average molecular weight is 346 g/mol. The van der Waals surface area contributed by atoms with Crippen LogP contribution >= 0.6 is 0 Å². The Kier molecular flexibility index (Phi) is 7.54. The molecule has 0 aromatic carbocycles. The Morgan fingerprint density at radius 1 is 0.545 bits per heavy atom. The van der Waals surface area contributed by atoms with Crippen LogP contribution in [0.15, 0.2) is 0 Å². The van der Waals surface area contributed by atoms with E-state index in [1.807, 2.05) is 6.92 Å². The molecule has 0 aliphatic rings. The minimum absolute atomic E-state index is 0.0764. The molecule has 0 N–H and O–H groups in total. The van der Waals surface area contributed by atoms with E-state index in [2.05, 4.69) is 0 Å². The van der Waals surface area contributed by atoms with Crippen molar-refractivity contribution in [3.8, 4) is 0 Å². The third-order valence-electron chi connectivity index (χ3n) is 3.30. The first-order valence-electron chi connectivity index (χ1n) is 7.01. The van der Waals surface area contributed by atoms with Gasteiger partial charge in [0, 0.05) is 6.42 Å². The summed E-state index contributed by atoms with van der Waals surface area (Å²) in [5.41, 5.74) is 0. The third-order valence-corrected chi connectivity index (χ3v) is 3.30. The summed E-state index contributed by atoms with van der Waals surface area (Å²) in [6.45, 7) is 1.95. The van der Waals surface area contributed by atoms with Gasteiger partial charge >= 0.3 is 23.9 Å². The van der Waals surface area contributed by atoms with Crippen LogP contribution in [-0.2, 0) is 0 Å². The summed E-state index contributed by atoms with van der Waals surface area (Å²) in [6, 6.07) is 0. The van der Waals surface area contributed by atoms with Crippen molar-refractivity contribution in [2.75, 3.05) is 0 Å². The van der Waals surface area contributed by atoms with E-state index in [9.17, 15) is 39.5 Å². The molecule has 0 fully saturated rings. The van der Waals surface area contributed by atoms with Gasteiger partial charge in [0.15, 0.2) is 0 Å².